The molecule has 0 bridgehead atoms. The van der Waals surface area contributed by atoms with Crippen LogP contribution in [0.1, 0.15) is 62.2 Å². The third-order valence-corrected chi connectivity index (χ3v) is 5.99. The molecule has 1 saturated carbocycles. The van der Waals surface area contributed by atoms with Crippen molar-refractivity contribution in [2.75, 3.05) is 0 Å². The monoisotopic (exact) mass is 336 g/mol. The first-order valence-corrected chi connectivity index (χ1v) is 9.36. The summed E-state index contributed by atoms with van der Waals surface area (Å²) < 4.78 is 12.5. The second-order valence-electron chi connectivity index (χ2n) is 7.79. The lowest BCUT2D eigenvalue weighted by atomic mass is 9.82. The average molecular weight is 336 g/mol. The smallest absolute Gasteiger partial charge is 0.198 e. The third kappa shape index (κ3) is 2.30. The molecule has 0 saturated heterocycles. The Hall–Kier alpha value is -2.23. The Bertz CT molecular complexity index is 830. The van der Waals surface area contributed by atoms with Gasteiger partial charge in [0.15, 0.2) is 5.72 Å². The number of aryl methyl sites for hydroxylation is 1. The predicted octanol–water partition coefficient (Wildman–Crippen LogP) is 5.04. The molecular formula is C21H24N2O2. The second-order valence-corrected chi connectivity index (χ2v) is 7.79. The van der Waals surface area contributed by atoms with Gasteiger partial charge in [0, 0.05) is 24.8 Å². The van der Waals surface area contributed by atoms with Crippen molar-refractivity contribution < 1.29 is 9.15 Å². The summed E-state index contributed by atoms with van der Waals surface area (Å²) in [6.45, 7) is 4.32. The van der Waals surface area contributed by atoms with Crippen LogP contribution in [-0.4, -0.2) is 16.4 Å². The Morgan fingerprint density at radius 1 is 1.12 bits per heavy atom. The molecule has 1 fully saturated rings. The summed E-state index contributed by atoms with van der Waals surface area (Å²) in [6.07, 6.45) is 5.33. The summed E-state index contributed by atoms with van der Waals surface area (Å²) in [5.74, 6) is 3.62. The van der Waals surface area contributed by atoms with Crippen LogP contribution in [-0.2, 0) is 0 Å². The van der Waals surface area contributed by atoms with E-state index >= 15 is 0 Å². The fraction of sp³-hybridized carbons (Fsp3) is 0.476. The van der Waals surface area contributed by atoms with Crippen LogP contribution in [0.25, 0.3) is 0 Å². The van der Waals surface area contributed by atoms with E-state index in [1.54, 1.807) is 0 Å². The number of hydrogen-bond donors (Lipinski definition) is 0. The van der Waals surface area contributed by atoms with Gasteiger partial charge in [-0.1, -0.05) is 25.1 Å². The number of nitrogens with zero attached hydrogens (tertiary/aromatic N) is 2. The standard InChI is InChI=1S/C21H24N2O2/c1-14-9-11-21(12-10-14)23-18(16-5-3-4-6-19(16)25-21)13-17(22-23)20-8-7-15(2)24-20/h3-8,14,18H,9-13H2,1-2H3/t14?,18-,21?/m0/s1. The van der Waals surface area contributed by atoms with Crippen LogP contribution in [0.4, 0.5) is 0 Å². The van der Waals surface area contributed by atoms with Crippen molar-refractivity contribution in [3.8, 4) is 5.75 Å². The van der Waals surface area contributed by atoms with Crippen LogP contribution in [0.2, 0.25) is 0 Å². The Labute approximate surface area is 148 Å². The van der Waals surface area contributed by atoms with Crippen LogP contribution >= 0.6 is 0 Å². The highest BCUT2D eigenvalue weighted by Gasteiger charge is 2.51. The van der Waals surface area contributed by atoms with Gasteiger partial charge in [-0.25, -0.2) is 5.01 Å². The normalized spacial score (nSPS) is 30.6. The van der Waals surface area contributed by atoms with Crippen molar-refractivity contribution in [3.63, 3.8) is 0 Å². The van der Waals surface area contributed by atoms with Crippen LogP contribution < -0.4 is 4.74 Å². The van der Waals surface area contributed by atoms with Crippen molar-refractivity contribution in [1.29, 1.82) is 0 Å². The number of hydrogen-bond acceptors (Lipinski definition) is 4. The minimum atomic E-state index is -0.297. The minimum absolute atomic E-state index is 0.249. The highest BCUT2D eigenvalue weighted by molar-refractivity contribution is 5.99. The van der Waals surface area contributed by atoms with Gasteiger partial charge in [-0.15, -0.1) is 0 Å². The summed E-state index contributed by atoms with van der Waals surface area (Å²) in [7, 11) is 0. The molecule has 130 valence electrons. The maximum Gasteiger partial charge on any atom is 0.198 e. The molecule has 3 heterocycles. The summed E-state index contributed by atoms with van der Waals surface area (Å²) in [5.41, 5.74) is 1.99. The molecule has 5 rings (SSSR count). The second kappa shape index (κ2) is 5.38. The van der Waals surface area contributed by atoms with Crippen molar-refractivity contribution in [2.45, 2.75) is 57.7 Å². The van der Waals surface area contributed by atoms with E-state index in [1.165, 1.54) is 18.4 Å². The van der Waals surface area contributed by atoms with E-state index < -0.39 is 0 Å². The fourth-order valence-corrected chi connectivity index (χ4v) is 4.51. The molecule has 0 unspecified atom stereocenters. The molecule has 1 spiro atoms. The number of hydrazone groups is 1. The van der Waals surface area contributed by atoms with Crippen molar-refractivity contribution in [1.82, 2.24) is 5.01 Å². The Morgan fingerprint density at radius 2 is 1.92 bits per heavy atom. The third-order valence-electron chi connectivity index (χ3n) is 5.99. The van der Waals surface area contributed by atoms with Gasteiger partial charge in [0.1, 0.15) is 23.0 Å². The minimum Gasteiger partial charge on any atom is -0.466 e. The summed E-state index contributed by atoms with van der Waals surface area (Å²) >= 11 is 0. The Kier molecular flexibility index (Phi) is 3.24. The van der Waals surface area contributed by atoms with Crippen molar-refractivity contribution in [2.24, 2.45) is 11.0 Å². The van der Waals surface area contributed by atoms with E-state index in [0.717, 1.165) is 48.2 Å². The van der Waals surface area contributed by atoms with E-state index in [0.29, 0.717) is 0 Å². The molecule has 1 atom stereocenters. The SMILES string of the molecule is Cc1ccc(C2=NN3[C@@H](C2)c2ccccc2OC32CCC(C)CC2)o1. The van der Waals surface area contributed by atoms with Gasteiger partial charge < -0.3 is 9.15 Å². The lowest BCUT2D eigenvalue weighted by Gasteiger charge is -2.50. The van der Waals surface area contributed by atoms with E-state index in [1.807, 2.05) is 19.1 Å². The van der Waals surface area contributed by atoms with Gasteiger partial charge in [0.2, 0.25) is 0 Å². The number of benzene rings is 1. The maximum absolute atomic E-state index is 6.60. The molecule has 2 aliphatic heterocycles. The van der Waals surface area contributed by atoms with E-state index in [2.05, 4.69) is 36.2 Å². The lowest BCUT2D eigenvalue weighted by Crippen LogP contribution is -2.55. The summed E-state index contributed by atoms with van der Waals surface area (Å²) in [5, 5.41) is 7.28. The molecule has 2 aromatic rings. The first kappa shape index (κ1) is 15.1. The molecule has 3 aliphatic rings. The highest BCUT2D eigenvalue weighted by atomic mass is 16.5. The molecule has 0 N–H and O–H groups in total. The summed E-state index contributed by atoms with van der Waals surface area (Å²) in [4.78, 5) is 0. The maximum atomic E-state index is 6.60. The van der Waals surface area contributed by atoms with Crippen LogP contribution in [0.15, 0.2) is 45.9 Å². The van der Waals surface area contributed by atoms with Gasteiger partial charge in [0.05, 0.1) is 6.04 Å². The molecule has 4 nitrogen and oxygen atoms in total. The predicted molar refractivity (Wildman–Crippen MR) is 96.6 cm³/mol. The first-order valence-electron chi connectivity index (χ1n) is 9.36. The average Bonchev–Trinajstić information content (AvgIpc) is 3.25. The molecule has 0 radical (unpaired) electrons. The summed E-state index contributed by atoms with van der Waals surface area (Å²) in [6, 6.07) is 12.8. The number of ether oxygens (including phenoxy) is 1. The van der Waals surface area contributed by atoms with E-state index in [9.17, 15) is 0 Å². The molecular weight excluding hydrogens is 312 g/mol. The number of fused-ring (bicyclic) bond motifs is 4. The largest absolute Gasteiger partial charge is 0.466 e. The molecule has 0 amide bonds. The molecule has 1 aromatic heterocycles. The van der Waals surface area contributed by atoms with Gasteiger partial charge in [-0.2, -0.15) is 5.10 Å². The zero-order valence-electron chi connectivity index (χ0n) is 14.9. The Morgan fingerprint density at radius 3 is 2.68 bits per heavy atom. The molecule has 1 aromatic carbocycles. The van der Waals surface area contributed by atoms with Crippen molar-refractivity contribution in [3.05, 3.63) is 53.5 Å². The lowest BCUT2D eigenvalue weighted by molar-refractivity contribution is -0.145. The van der Waals surface area contributed by atoms with Crippen LogP contribution in [0.3, 0.4) is 0 Å². The van der Waals surface area contributed by atoms with Gasteiger partial charge in [0.25, 0.3) is 0 Å². The van der Waals surface area contributed by atoms with Crippen LogP contribution in [0.5, 0.6) is 5.75 Å². The van der Waals surface area contributed by atoms with Gasteiger partial charge >= 0.3 is 0 Å². The number of furan rings is 1. The zero-order valence-corrected chi connectivity index (χ0v) is 14.9. The van der Waals surface area contributed by atoms with Gasteiger partial charge in [-0.3, -0.25) is 0 Å². The molecule has 1 aliphatic carbocycles. The first-order chi connectivity index (χ1) is 12.1. The Balaban J connectivity index is 1.58. The quantitative estimate of drug-likeness (QED) is 0.732. The number of rotatable bonds is 1. The van der Waals surface area contributed by atoms with E-state index in [-0.39, 0.29) is 11.8 Å². The van der Waals surface area contributed by atoms with Gasteiger partial charge in [-0.05, 0) is 43.9 Å². The van der Waals surface area contributed by atoms with E-state index in [4.69, 9.17) is 14.3 Å². The number of para-hydroxylation sites is 1. The van der Waals surface area contributed by atoms with Crippen molar-refractivity contribution >= 4 is 5.71 Å². The zero-order chi connectivity index (χ0) is 17.0. The molecule has 25 heavy (non-hydrogen) atoms. The molecule has 4 heteroatoms. The van der Waals surface area contributed by atoms with Crippen LogP contribution in [0, 0.1) is 12.8 Å². The fourth-order valence-electron chi connectivity index (χ4n) is 4.51. The topological polar surface area (TPSA) is 38.0 Å². The highest BCUT2D eigenvalue weighted by Crippen LogP contribution is 2.51.